The second-order valence-corrected chi connectivity index (χ2v) is 5.01. The minimum Gasteiger partial charge on any atom is -0.451 e. The number of nitrogens with zero attached hydrogens (tertiary/aromatic N) is 1. The molecule has 0 fully saturated rings. The summed E-state index contributed by atoms with van der Waals surface area (Å²) in [6.45, 7) is 2.25. The van der Waals surface area contributed by atoms with Crippen molar-refractivity contribution in [3.8, 4) is 0 Å². The Morgan fingerprint density at radius 2 is 2.09 bits per heavy atom. The summed E-state index contributed by atoms with van der Waals surface area (Å²) in [6, 6.07) is 11.2. The molecular formula is C17H16N2O3. The predicted molar refractivity (Wildman–Crippen MR) is 83.9 cm³/mol. The van der Waals surface area contributed by atoms with Crippen molar-refractivity contribution in [3.63, 3.8) is 0 Å². The number of ether oxygens (including phenoxy) is 1. The van der Waals surface area contributed by atoms with Gasteiger partial charge in [-0.1, -0.05) is 24.3 Å². The first-order valence-corrected chi connectivity index (χ1v) is 6.92. The average Bonchev–Trinajstić information content (AvgIpc) is 2.89. The summed E-state index contributed by atoms with van der Waals surface area (Å²) >= 11 is 0. The molecule has 0 saturated carbocycles. The zero-order valence-corrected chi connectivity index (χ0v) is 12.4. The van der Waals surface area contributed by atoms with Crippen LogP contribution in [0.5, 0.6) is 0 Å². The molecule has 0 aliphatic rings. The Hall–Kier alpha value is -2.66. The lowest BCUT2D eigenvalue weighted by molar-refractivity contribution is 0.0991. The maximum Gasteiger partial charge on any atom is 0.292 e. The number of methoxy groups -OCH3 is 1. The van der Waals surface area contributed by atoms with Crippen LogP contribution in [0.15, 0.2) is 47.0 Å². The third kappa shape index (κ3) is 2.71. The minimum absolute atomic E-state index is 0.255. The maximum absolute atomic E-state index is 12.5. The molecule has 2 heterocycles. The Kier molecular flexibility index (Phi) is 3.89. The van der Waals surface area contributed by atoms with Crippen molar-refractivity contribution in [3.05, 3.63) is 59.5 Å². The highest BCUT2D eigenvalue weighted by Gasteiger charge is 2.20. The molecule has 0 unspecified atom stereocenters. The largest absolute Gasteiger partial charge is 0.451 e. The first kappa shape index (κ1) is 14.3. The number of benzene rings is 1. The third-order valence-corrected chi connectivity index (χ3v) is 3.35. The Bertz CT molecular complexity index is 806. The summed E-state index contributed by atoms with van der Waals surface area (Å²) in [5.74, 6) is 0.407. The van der Waals surface area contributed by atoms with E-state index in [1.807, 2.05) is 37.3 Å². The summed E-state index contributed by atoms with van der Waals surface area (Å²) in [7, 11) is 1.59. The van der Waals surface area contributed by atoms with Crippen LogP contribution >= 0.6 is 0 Å². The number of para-hydroxylation sites is 1. The van der Waals surface area contributed by atoms with Crippen LogP contribution in [0.3, 0.4) is 0 Å². The molecule has 0 bridgehead atoms. The van der Waals surface area contributed by atoms with Crippen LogP contribution in [0, 0.1) is 6.92 Å². The summed E-state index contributed by atoms with van der Waals surface area (Å²) < 4.78 is 10.9. The number of carbonyl (C=O) groups excluding carboxylic acids is 1. The number of aromatic nitrogens is 1. The minimum atomic E-state index is -0.334. The van der Waals surface area contributed by atoms with Crippen molar-refractivity contribution in [1.29, 1.82) is 0 Å². The van der Waals surface area contributed by atoms with Crippen LogP contribution in [0.4, 0.5) is 5.82 Å². The number of anilines is 1. The SMILES string of the molecule is COCc1c(C(=O)Nc2ccc(C)cn2)oc2ccccc12. The van der Waals surface area contributed by atoms with Gasteiger partial charge in [0.15, 0.2) is 5.76 Å². The third-order valence-electron chi connectivity index (χ3n) is 3.35. The number of nitrogens with one attached hydrogen (secondary N) is 1. The molecule has 0 saturated heterocycles. The fourth-order valence-corrected chi connectivity index (χ4v) is 2.28. The highest BCUT2D eigenvalue weighted by molar-refractivity contribution is 6.06. The number of hydrogen-bond donors (Lipinski definition) is 1. The Morgan fingerprint density at radius 3 is 2.82 bits per heavy atom. The molecular weight excluding hydrogens is 280 g/mol. The molecule has 0 atom stereocenters. The van der Waals surface area contributed by atoms with E-state index < -0.39 is 0 Å². The Balaban J connectivity index is 1.96. The van der Waals surface area contributed by atoms with Gasteiger partial charge in [0, 0.05) is 24.3 Å². The van der Waals surface area contributed by atoms with Crippen molar-refractivity contribution >= 4 is 22.7 Å². The molecule has 112 valence electrons. The lowest BCUT2D eigenvalue weighted by atomic mass is 10.1. The smallest absolute Gasteiger partial charge is 0.292 e. The quantitative estimate of drug-likeness (QED) is 0.800. The van der Waals surface area contributed by atoms with Gasteiger partial charge < -0.3 is 14.5 Å². The number of carbonyl (C=O) groups is 1. The second-order valence-electron chi connectivity index (χ2n) is 5.01. The number of aryl methyl sites for hydroxylation is 1. The highest BCUT2D eigenvalue weighted by Crippen LogP contribution is 2.27. The van der Waals surface area contributed by atoms with Crippen molar-refractivity contribution in [2.75, 3.05) is 12.4 Å². The van der Waals surface area contributed by atoms with E-state index in [-0.39, 0.29) is 11.7 Å². The molecule has 0 aliphatic heterocycles. The molecule has 5 heteroatoms. The number of furan rings is 1. The van der Waals surface area contributed by atoms with Crippen molar-refractivity contribution in [1.82, 2.24) is 4.98 Å². The number of fused-ring (bicyclic) bond motifs is 1. The maximum atomic E-state index is 12.5. The van der Waals surface area contributed by atoms with Crippen molar-refractivity contribution < 1.29 is 13.9 Å². The number of pyridine rings is 1. The fraction of sp³-hybridized carbons (Fsp3) is 0.176. The van der Waals surface area contributed by atoms with Gasteiger partial charge in [-0.25, -0.2) is 4.98 Å². The predicted octanol–water partition coefficient (Wildman–Crippen LogP) is 3.53. The Labute approximate surface area is 127 Å². The van der Waals surface area contributed by atoms with Crippen molar-refractivity contribution in [2.45, 2.75) is 13.5 Å². The lowest BCUT2D eigenvalue weighted by Gasteiger charge is -2.04. The molecule has 0 radical (unpaired) electrons. The zero-order chi connectivity index (χ0) is 15.5. The van der Waals surface area contributed by atoms with Gasteiger partial charge in [-0.3, -0.25) is 4.79 Å². The molecule has 2 aromatic heterocycles. The van der Waals surface area contributed by atoms with E-state index in [4.69, 9.17) is 9.15 Å². The van der Waals surface area contributed by atoms with Gasteiger partial charge in [0.25, 0.3) is 5.91 Å². The van der Waals surface area contributed by atoms with Crippen LogP contribution in [-0.4, -0.2) is 18.0 Å². The van der Waals surface area contributed by atoms with Gasteiger partial charge in [-0.15, -0.1) is 0 Å². The number of amides is 1. The van der Waals surface area contributed by atoms with Crippen LogP contribution in [0.25, 0.3) is 11.0 Å². The average molecular weight is 296 g/mol. The first-order chi connectivity index (χ1) is 10.7. The Morgan fingerprint density at radius 1 is 1.27 bits per heavy atom. The van der Waals surface area contributed by atoms with Gasteiger partial charge in [0.1, 0.15) is 11.4 Å². The molecule has 1 aromatic carbocycles. The summed E-state index contributed by atoms with van der Waals surface area (Å²) in [5, 5.41) is 3.63. The molecule has 0 spiro atoms. The molecule has 5 nitrogen and oxygen atoms in total. The van der Waals surface area contributed by atoms with E-state index in [0.717, 1.165) is 16.5 Å². The molecule has 0 aliphatic carbocycles. The van der Waals surface area contributed by atoms with Gasteiger partial charge >= 0.3 is 0 Å². The molecule has 3 rings (SSSR count). The van der Waals surface area contributed by atoms with E-state index in [1.54, 1.807) is 19.4 Å². The standard InChI is InChI=1S/C17H16N2O3/c1-11-7-8-15(18-9-11)19-17(20)16-13(10-21-2)12-5-3-4-6-14(12)22-16/h3-9H,10H2,1-2H3,(H,18,19,20). The zero-order valence-electron chi connectivity index (χ0n) is 12.4. The number of hydrogen-bond acceptors (Lipinski definition) is 4. The van der Waals surface area contributed by atoms with Gasteiger partial charge in [0.2, 0.25) is 0 Å². The van der Waals surface area contributed by atoms with E-state index in [2.05, 4.69) is 10.3 Å². The van der Waals surface area contributed by atoms with Crippen LogP contribution in [0.2, 0.25) is 0 Å². The topological polar surface area (TPSA) is 64.4 Å². The van der Waals surface area contributed by atoms with E-state index in [1.165, 1.54) is 0 Å². The van der Waals surface area contributed by atoms with Crippen LogP contribution < -0.4 is 5.32 Å². The van der Waals surface area contributed by atoms with Crippen molar-refractivity contribution in [2.24, 2.45) is 0 Å². The lowest BCUT2D eigenvalue weighted by Crippen LogP contribution is -2.14. The monoisotopic (exact) mass is 296 g/mol. The van der Waals surface area contributed by atoms with Gasteiger partial charge in [-0.05, 0) is 24.6 Å². The summed E-state index contributed by atoms with van der Waals surface area (Å²) in [6.07, 6.45) is 1.70. The number of rotatable bonds is 4. The van der Waals surface area contributed by atoms with E-state index >= 15 is 0 Å². The molecule has 3 aromatic rings. The van der Waals surface area contributed by atoms with Crippen LogP contribution in [0.1, 0.15) is 21.7 Å². The molecule has 22 heavy (non-hydrogen) atoms. The second kappa shape index (κ2) is 5.99. The van der Waals surface area contributed by atoms with Gasteiger partial charge in [0.05, 0.1) is 6.61 Å². The highest BCUT2D eigenvalue weighted by atomic mass is 16.5. The normalized spacial score (nSPS) is 10.8. The summed E-state index contributed by atoms with van der Waals surface area (Å²) in [4.78, 5) is 16.6. The van der Waals surface area contributed by atoms with Gasteiger partial charge in [-0.2, -0.15) is 0 Å². The van der Waals surface area contributed by atoms with E-state index in [0.29, 0.717) is 18.0 Å². The summed E-state index contributed by atoms with van der Waals surface area (Å²) in [5.41, 5.74) is 2.43. The molecule has 1 amide bonds. The van der Waals surface area contributed by atoms with Crippen LogP contribution in [-0.2, 0) is 11.3 Å². The van der Waals surface area contributed by atoms with E-state index in [9.17, 15) is 4.79 Å². The fourth-order valence-electron chi connectivity index (χ4n) is 2.28. The first-order valence-electron chi connectivity index (χ1n) is 6.92. The molecule has 1 N–H and O–H groups in total.